The largest absolute Gasteiger partial charge is 0.303 e. The summed E-state index contributed by atoms with van der Waals surface area (Å²) in [6.45, 7) is 2.56. The standard InChI is InChI=1S/C21H21ClN4S/c1-24-20(18-9-5-6-10-19(18)22)23-26(21(24)27)15-25-13-11-17(12-14-25)16-7-3-2-4-8-16/h2-11H,12-15H2,1H3. The average molecular weight is 397 g/mol. The maximum absolute atomic E-state index is 6.34. The van der Waals surface area contributed by atoms with Gasteiger partial charge in [-0.1, -0.05) is 60.1 Å². The highest BCUT2D eigenvalue weighted by atomic mass is 35.5. The summed E-state index contributed by atoms with van der Waals surface area (Å²) in [7, 11) is 1.94. The van der Waals surface area contributed by atoms with E-state index in [-0.39, 0.29) is 0 Å². The van der Waals surface area contributed by atoms with Crippen molar-refractivity contribution in [2.75, 3.05) is 13.1 Å². The number of halogens is 1. The molecule has 4 nitrogen and oxygen atoms in total. The zero-order valence-corrected chi connectivity index (χ0v) is 16.7. The van der Waals surface area contributed by atoms with Crippen molar-refractivity contribution in [3.8, 4) is 11.4 Å². The van der Waals surface area contributed by atoms with Gasteiger partial charge in [-0.2, -0.15) is 5.10 Å². The number of hydrogen-bond acceptors (Lipinski definition) is 3. The molecule has 0 saturated carbocycles. The van der Waals surface area contributed by atoms with Crippen LogP contribution in [0.3, 0.4) is 0 Å². The Labute approximate surface area is 169 Å². The van der Waals surface area contributed by atoms with Crippen LogP contribution >= 0.6 is 23.8 Å². The third-order valence-corrected chi connectivity index (χ3v) is 5.74. The first kappa shape index (κ1) is 18.2. The van der Waals surface area contributed by atoms with Gasteiger partial charge in [-0.25, -0.2) is 4.68 Å². The third-order valence-electron chi connectivity index (χ3n) is 4.93. The lowest BCUT2D eigenvalue weighted by Gasteiger charge is -2.26. The lowest BCUT2D eigenvalue weighted by molar-refractivity contribution is 0.226. The van der Waals surface area contributed by atoms with E-state index in [9.17, 15) is 0 Å². The van der Waals surface area contributed by atoms with Gasteiger partial charge < -0.3 is 4.57 Å². The summed E-state index contributed by atoms with van der Waals surface area (Å²) in [6, 6.07) is 18.3. The molecular weight excluding hydrogens is 376 g/mol. The van der Waals surface area contributed by atoms with Crippen LogP contribution in [0.1, 0.15) is 12.0 Å². The molecule has 2 aromatic carbocycles. The summed E-state index contributed by atoms with van der Waals surface area (Å²) in [5, 5.41) is 5.42. The minimum Gasteiger partial charge on any atom is -0.303 e. The number of aromatic nitrogens is 3. The molecule has 1 aliphatic heterocycles. The Morgan fingerprint density at radius 3 is 2.52 bits per heavy atom. The Hall–Kier alpha value is -2.21. The van der Waals surface area contributed by atoms with E-state index in [0.29, 0.717) is 16.5 Å². The van der Waals surface area contributed by atoms with Crippen LogP contribution in [0.4, 0.5) is 0 Å². The Kier molecular flexibility index (Phi) is 5.25. The molecule has 0 saturated heterocycles. The molecule has 0 atom stereocenters. The fourth-order valence-electron chi connectivity index (χ4n) is 3.40. The van der Waals surface area contributed by atoms with Crippen molar-refractivity contribution < 1.29 is 0 Å². The van der Waals surface area contributed by atoms with Crippen molar-refractivity contribution in [2.24, 2.45) is 7.05 Å². The molecule has 0 aliphatic carbocycles. The van der Waals surface area contributed by atoms with E-state index in [2.05, 4.69) is 41.3 Å². The minimum atomic E-state index is 0.676. The maximum atomic E-state index is 6.34. The van der Waals surface area contributed by atoms with E-state index in [1.165, 1.54) is 11.1 Å². The molecule has 0 bridgehead atoms. The molecule has 0 radical (unpaired) electrons. The fraction of sp³-hybridized carbons (Fsp3) is 0.238. The monoisotopic (exact) mass is 396 g/mol. The number of hydrogen-bond donors (Lipinski definition) is 0. The molecule has 3 aromatic rings. The van der Waals surface area contributed by atoms with Crippen molar-refractivity contribution >= 4 is 29.4 Å². The van der Waals surface area contributed by atoms with Crippen LogP contribution in [0.25, 0.3) is 17.0 Å². The van der Waals surface area contributed by atoms with Crippen LogP contribution in [0.15, 0.2) is 60.7 Å². The minimum absolute atomic E-state index is 0.676. The summed E-state index contributed by atoms with van der Waals surface area (Å²) in [5.41, 5.74) is 3.62. The van der Waals surface area contributed by atoms with Crippen LogP contribution in [-0.4, -0.2) is 32.3 Å². The average Bonchev–Trinajstić information content (AvgIpc) is 2.98. The van der Waals surface area contributed by atoms with Crippen molar-refractivity contribution in [1.82, 2.24) is 19.2 Å². The predicted octanol–water partition coefficient (Wildman–Crippen LogP) is 5.02. The molecule has 0 N–H and O–H groups in total. The first-order valence-electron chi connectivity index (χ1n) is 8.99. The van der Waals surface area contributed by atoms with Crippen molar-refractivity contribution in [2.45, 2.75) is 13.1 Å². The molecule has 0 amide bonds. The normalized spacial score (nSPS) is 15.0. The van der Waals surface area contributed by atoms with Gasteiger partial charge >= 0.3 is 0 Å². The van der Waals surface area contributed by atoms with Gasteiger partial charge in [0, 0.05) is 25.7 Å². The summed E-state index contributed by atoms with van der Waals surface area (Å²) in [5.74, 6) is 0.795. The van der Waals surface area contributed by atoms with E-state index in [1.54, 1.807) is 0 Å². The van der Waals surface area contributed by atoms with Gasteiger partial charge in [0.2, 0.25) is 0 Å². The van der Waals surface area contributed by atoms with E-state index in [1.807, 2.05) is 40.6 Å². The number of rotatable bonds is 4. The Morgan fingerprint density at radius 2 is 1.81 bits per heavy atom. The molecule has 27 heavy (non-hydrogen) atoms. The van der Waals surface area contributed by atoms with Crippen LogP contribution in [0, 0.1) is 4.77 Å². The third kappa shape index (κ3) is 3.76. The summed E-state index contributed by atoms with van der Waals surface area (Å²) in [6.07, 6.45) is 3.34. The van der Waals surface area contributed by atoms with E-state index >= 15 is 0 Å². The van der Waals surface area contributed by atoms with Crippen molar-refractivity contribution in [3.63, 3.8) is 0 Å². The molecule has 6 heteroatoms. The van der Waals surface area contributed by atoms with Gasteiger partial charge in [0.15, 0.2) is 10.6 Å². The summed E-state index contributed by atoms with van der Waals surface area (Å²) >= 11 is 11.9. The van der Waals surface area contributed by atoms with Crippen molar-refractivity contribution in [3.05, 3.63) is 76.0 Å². The quantitative estimate of drug-likeness (QED) is 0.579. The summed E-state index contributed by atoms with van der Waals surface area (Å²) < 4.78 is 4.50. The van der Waals surface area contributed by atoms with E-state index < -0.39 is 0 Å². The predicted molar refractivity (Wildman–Crippen MR) is 113 cm³/mol. The topological polar surface area (TPSA) is 26.0 Å². The van der Waals surface area contributed by atoms with Gasteiger partial charge in [-0.05, 0) is 41.9 Å². The van der Waals surface area contributed by atoms with Gasteiger partial charge in [0.25, 0.3) is 0 Å². The summed E-state index contributed by atoms with van der Waals surface area (Å²) in [4.78, 5) is 2.35. The molecular formula is C21H21ClN4S. The van der Waals surface area contributed by atoms with E-state index in [0.717, 1.165) is 30.9 Å². The number of benzene rings is 2. The molecule has 0 unspecified atom stereocenters. The van der Waals surface area contributed by atoms with E-state index in [4.69, 9.17) is 28.9 Å². The first-order chi connectivity index (χ1) is 13.1. The molecule has 0 fully saturated rings. The lowest BCUT2D eigenvalue weighted by atomic mass is 10.00. The highest BCUT2D eigenvalue weighted by molar-refractivity contribution is 7.71. The fourth-order valence-corrected chi connectivity index (χ4v) is 3.81. The SMILES string of the molecule is Cn1c(-c2ccccc2Cl)nn(CN2CC=C(c3ccccc3)CC2)c1=S. The first-order valence-corrected chi connectivity index (χ1v) is 9.77. The molecule has 1 aromatic heterocycles. The lowest BCUT2D eigenvalue weighted by Crippen LogP contribution is -2.31. The number of nitrogens with zero attached hydrogens (tertiary/aromatic N) is 4. The van der Waals surface area contributed by atoms with Crippen LogP contribution in [0.5, 0.6) is 0 Å². The Balaban J connectivity index is 1.53. The molecule has 4 rings (SSSR count). The van der Waals surface area contributed by atoms with Crippen LogP contribution < -0.4 is 0 Å². The van der Waals surface area contributed by atoms with Crippen LogP contribution in [-0.2, 0) is 13.7 Å². The van der Waals surface area contributed by atoms with Gasteiger partial charge in [-0.3, -0.25) is 4.90 Å². The molecule has 138 valence electrons. The Bertz CT molecular complexity index is 1040. The smallest absolute Gasteiger partial charge is 0.199 e. The van der Waals surface area contributed by atoms with Gasteiger partial charge in [-0.15, -0.1) is 0 Å². The second-order valence-corrected chi connectivity index (χ2v) is 7.48. The second-order valence-electron chi connectivity index (χ2n) is 6.71. The highest BCUT2D eigenvalue weighted by Crippen LogP contribution is 2.26. The zero-order valence-electron chi connectivity index (χ0n) is 15.2. The molecule has 2 heterocycles. The van der Waals surface area contributed by atoms with Crippen LogP contribution in [0.2, 0.25) is 5.02 Å². The molecule has 0 spiro atoms. The zero-order chi connectivity index (χ0) is 18.8. The molecule has 1 aliphatic rings. The maximum Gasteiger partial charge on any atom is 0.199 e. The van der Waals surface area contributed by atoms with Gasteiger partial charge in [0.05, 0.1) is 11.7 Å². The Morgan fingerprint density at radius 1 is 1.07 bits per heavy atom. The van der Waals surface area contributed by atoms with Crippen molar-refractivity contribution in [1.29, 1.82) is 0 Å². The highest BCUT2D eigenvalue weighted by Gasteiger charge is 2.17. The van der Waals surface area contributed by atoms with Gasteiger partial charge in [0.1, 0.15) is 0 Å². The second kappa shape index (κ2) is 7.80.